The number of methoxy groups -OCH3 is 2. The molecule has 3 fully saturated rings. The van der Waals surface area contributed by atoms with Crippen molar-refractivity contribution in [3.63, 3.8) is 0 Å². The molecule has 0 radical (unpaired) electrons. The lowest BCUT2D eigenvalue weighted by atomic mass is 9.82. The standard InChI is InChI=1S/C37H36FN5O8/c1-50-23-7-3-21(4-8-23)33-25(11-14-32(45)42(33)22-5-9-24(51-2)10-6-22)35(47)41-17-15-40(16-18-41)30-20-27-26(19-28(30)38)36(48)43(37(27)49)29-12-13-31(44)39-34(29)46/h3-10,19-20,25,29,33H,11-18H2,1-2H3,(H,39,44,46). The smallest absolute Gasteiger partial charge is 0.262 e. The minimum absolute atomic E-state index is 0.00615. The summed E-state index contributed by atoms with van der Waals surface area (Å²) in [7, 11) is 3.13. The molecule has 3 aromatic carbocycles. The molecule has 0 aromatic heterocycles. The first-order valence-electron chi connectivity index (χ1n) is 16.8. The average molecular weight is 698 g/mol. The maximum absolute atomic E-state index is 15.6. The molecule has 3 unspecified atom stereocenters. The van der Waals surface area contributed by atoms with Crippen LogP contribution in [0.4, 0.5) is 15.8 Å². The van der Waals surface area contributed by atoms with E-state index < -0.39 is 47.4 Å². The summed E-state index contributed by atoms with van der Waals surface area (Å²) in [5, 5.41) is 2.15. The van der Waals surface area contributed by atoms with Gasteiger partial charge in [-0.2, -0.15) is 0 Å². The fourth-order valence-corrected chi connectivity index (χ4v) is 7.50. The van der Waals surface area contributed by atoms with Crippen molar-refractivity contribution in [2.75, 3.05) is 50.2 Å². The number of fused-ring (bicyclic) bond motifs is 1. The molecule has 0 bridgehead atoms. The summed E-state index contributed by atoms with van der Waals surface area (Å²) in [4.78, 5) is 84.4. The van der Waals surface area contributed by atoms with E-state index in [-0.39, 0.29) is 74.1 Å². The lowest BCUT2D eigenvalue weighted by molar-refractivity contribution is -0.139. The molecule has 0 spiro atoms. The van der Waals surface area contributed by atoms with Gasteiger partial charge in [-0.3, -0.25) is 39.0 Å². The van der Waals surface area contributed by atoms with Crippen molar-refractivity contribution >= 4 is 46.8 Å². The predicted molar refractivity (Wildman–Crippen MR) is 181 cm³/mol. The highest BCUT2D eigenvalue weighted by Crippen LogP contribution is 2.42. The second-order valence-corrected chi connectivity index (χ2v) is 12.9. The van der Waals surface area contributed by atoms with Crippen molar-refractivity contribution < 1.29 is 42.6 Å². The largest absolute Gasteiger partial charge is 0.497 e. The zero-order valence-electron chi connectivity index (χ0n) is 28.1. The number of amides is 6. The van der Waals surface area contributed by atoms with Gasteiger partial charge in [0.25, 0.3) is 11.8 Å². The van der Waals surface area contributed by atoms with Crippen LogP contribution in [0.3, 0.4) is 0 Å². The Kier molecular flexibility index (Phi) is 8.92. The van der Waals surface area contributed by atoms with Crippen LogP contribution in [0.1, 0.15) is 58.0 Å². The van der Waals surface area contributed by atoms with Gasteiger partial charge in [0.05, 0.1) is 43.0 Å². The number of imide groups is 2. The van der Waals surface area contributed by atoms with Gasteiger partial charge in [0, 0.05) is 44.7 Å². The first-order chi connectivity index (χ1) is 24.6. The number of piperazine rings is 1. The summed E-state index contributed by atoms with van der Waals surface area (Å²) in [6.07, 6.45) is 0.496. The number of hydrogen-bond donors (Lipinski definition) is 1. The Balaban J connectivity index is 1.10. The van der Waals surface area contributed by atoms with E-state index in [1.165, 1.54) is 6.07 Å². The Bertz CT molecular complexity index is 1930. The molecule has 14 heteroatoms. The predicted octanol–water partition coefficient (Wildman–Crippen LogP) is 3.08. The molecule has 3 saturated heterocycles. The molecule has 4 heterocycles. The average Bonchev–Trinajstić information content (AvgIpc) is 3.38. The monoisotopic (exact) mass is 697 g/mol. The number of rotatable bonds is 7. The maximum atomic E-state index is 15.6. The molecule has 13 nitrogen and oxygen atoms in total. The van der Waals surface area contributed by atoms with Crippen molar-refractivity contribution in [3.05, 3.63) is 83.2 Å². The van der Waals surface area contributed by atoms with E-state index >= 15 is 4.39 Å². The van der Waals surface area contributed by atoms with Gasteiger partial charge in [0.15, 0.2) is 0 Å². The molecule has 1 N–H and O–H groups in total. The number of nitrogens with one attached hydrogen (secondary N) is 1. The minimum Gasteiger partial charge on any atom is -0.497 e. The molecule has 51 heavy (non-hydrogen) atoms. The van der Waals surface area contributed by atoms with Crippen LogP contribution in [-0.2, 0) is 19.2 Å². The molecular formula is C37H36FN5O8. The molecule has 3 aromatic rings. The summed E-state index contributed by atoms with van der Waals surface area (Å²) < 4.78 is 26.2. The van der Waals surface area contributed by atoms with Crippen LogP contribution < -0.4 is 24.6 Å². The van der Waals surface area contributed by atoms with Crippen LogP contribution in [0, 0.1) is 11.7 Å². The van der Waals surface area contributed by atoms with Crippen molar-refractivity contribution in [1.82, 2.24) is 15.1 Å². The van der Waals surface area contributed by atoms with Crippen LogP contribution >= 0.6 is 0 Å². The Morgan fingerprint density at radius 1 is 0.765 bits per heavy atom. The Hall–Kier alpha value is -5.79. The first kappa shape index (κ1) is 33.7. The molecule has 3 atom stereocenters. The third kappa shape index (κ3) is 6.04. The zero-order valence-corrected chi connectivity index (χ0v) is 28.1. The number of anilines is 2. The minimum atomic E-state index is -1.16. The van der Waals surface area contributed by atoms with Gasteiger partial charge in [-0.25, -0.2) is 4.39 Å². The lowest BCUT2D eigenvalue weighted by Crippen LogP contribution is -2.54. The van der Waals surface area contributed by atoms with Crippen LogP contribution in [0.2, 0.25) is 0 Å². The highest BCUT2D eigenvalue weighted by Gasteiger charge is 2.46. The number of ether oxygens (including phenoxy) is 2. The van der Waals surface area contributed by atoms with E-state index in [2.05, 4.69) is 5.32 Å². The first-order valence-corrected chi connectivity index (χ1v) is 16.8. The van der Waals surface area contributed by atoms with E-state index in [9.17, 15) is 28.8 Å². The topological polar surface area (TPSA) is 146 Å². The molecule has 0 aliphatic carbocycles. The number of piperidine rings is 2. The molecule has 4 aliphatic rings. The number of hydrogen-bond acceptors (Lipinski definition) is 9. The van der Waals surface area contributed by atoms with Crippen LogP contribution in [-0.4, -0.2) is 91.7 Å². The highest BCUT2D eigenvalue weighted by atomic mass is 19.1. The molecular weight excluding hydrogens is 661 g/mol. The number of nitrogens with zero attached hydrogens (tertiary/aromatic N) is 4. The number of carbonyl (C=O) groups excluding carboxylic acids is 6. The molecule has 264 valence electrons. The third-order valence-electron chi connectivity index (χ3n) is 10.2. The van der Waals surface area contributed by atoms with E-state index in [4.69, 9.17) is 9.47 Å². The van der Waals surface area contributed by atoms with Gasteiger partial charge in [0.2, 0.25) is 23.6 Å². The fraction of sp³-hybridized carbons (Fsp3) is 0.351. The van der Waals surface area contributed by atoms with Gasteiger partial charge in [-0.15, -0.1) is 0 Å². The zero-order chi connectivity index (χ0) is 36.0. The van der Waals surface area contributed by atoms with Crippen molar-refractivity contribution in [2.24, 2.45) is 5.92 Å². The normalized spacial score (nSPS) is 22.3. The molecule has 7 rings (SSSR count). The summed E-state index contributed by atoms with van der Waals surface area (Å²) in [6.45, 7) is 1.02. The van der Waals surface area contributed by atoms with Gasteiger partial charge < -0.3 is 24.2 Å². The van der Waals surface area contributed by atoms with E-state index in [1.807, 2.05) is 12.1 Å². The van der Waals surface area contributed by atoms with E-state index in [0.717, 1.165) is 16.5 Å². The third-order valence-corrected chi connectivity index (χ3v) is 10.2. The van der Waals surface area contributed by atoms with Crippen molar-refractivity contribution in [2.45, 2.75) is 37.8 Å². The van der Waals surface area contributed by atoms with Gasteiger partial charge >= 0.3 is 0 Å². The molecule has 0 saturated carbocycles. The quantitative estimate of drug-likeness (QED) is 0.368. The van der Waals surface area contributed by atoms with Gasteiger partial charge in [0.1, 0.15) is 23.4 Å². The molecule has 4 aliphatic heterocycles. The summed E-state index contributed by atoms with van der Waals surface area (Å²) in [6, 6.07) is 15.0. The Morgan fingerprint density at radius 2 is 1.37 bits per heavy atom. The van der Waals surface area contributed by atoms with E-state index in [1.54, 1.807) is 65.3 Å². The Morgan fingerprint density at radius 3 is 1.98 bits per heavy atom. The van der Waals surface area contributed by atoms with Crippen LogP contribution in [0.15, 0.2) is 60.7 Å². The second kappa shape index (κ2) is 13.5. The van der Waals surface area contributed by atoms with E-state index in [0.29, 0.717) is 23.6 Å². The molecule has 6 amide bonds. The van der Waals surface area contributed by atoms with Crippen molar-refractivity contribution in [1.29, 1.82) is 0 Å². The number of carbonyl (C=O) groups is 6. The highest BCUT2D eigenvalue weighted by molar-refractivity contribution is 6.23. The van der Waals surface area contributed by atoms with Crippen LogP contribution in [0.25, 0.3) is 0 Å². The summed E-state index contributed by atoms with van der Waals surface area (Å²) in [5.74, 6) is -2.97. The van der Waals surface area contributed by atoms with Gasteiger partial charge in [-0.05, 0) is 66.9 Å². The fourth-order valence-electron chi connectivity index (χ4n) is 7.50. The number of benzene rings is 3. The van der Waals surface area contributed by atoms with Crippen molar-refractivity contribution in [3.8, 4) is 11.5 Å². The second-order valence-electron chi connectivity index (χ2n) is 12.9. The van der Waals surface area contributed by atoms with Crippen LogP contribution in [0.5, 0.6) is 11.5 Å². The maximum Gasteiger partial charge on any atom is 0.262 e. The lowest BCUT2D eigenvalue weighted by Gasteiger charge is -2.44. The Labute approximate surface area is 292 Å². The summed E-state index contributed by atoms with van der Waals surface area (Å²) in [5.41, 5.74) is 1.37. The summed E-state index contributed by atoms with van der Waals surface area (Å²) >= 11 is 0. The number of halogens is 1. The van der Waals surface area contributed by atoms with Gasteiger partial charge in [-0.1, -0.05) is 12.1 Å². The SMILES string of the molecule is COc1ccc(C2C(C(=O)N3CCN(c4cc5c(cc4F)C(=O)N(C4CCC(=O)NC4=O)C5=O)CC3)CCC(=O)N2c2ccc(OC)cc2)cc1.